The van der Waals surface area contributed by atoms with E-state index in [1.807, 2.05) is 0 Å². The van der Waals surface area contributed by atoms with Gasteiger partial charge in [-0.25, -0.2) is 0 Å². The van der Waals surface area contributed by atoms with Crippen molar-refractivity contribution in [2.75, 3.05) is 46.6 Å². The zero-order chi connectivity index (χ0) is 25.5. The molecular formula is C25H34F3N3O5. The van der Waals surface area contributed by atoms with Crippen molar-refractivity contribution in [2.45, 2.75) is 69.1 Å². The molecule has 3 aliphatic heterocycles. The Hall–Kier alpha value is -1.79. The minimum Gasteiger partial charge on any atom is -0.395 e. The Morgan fingerprint density at radius 2 is 2.22 bits per heavy atom. The number of halogens is 3. The van der Waals surface area contributed by atoms with E-state index >= 15 is 0 Å². The van der Waals surface area contributed by atoms with E-state index in [0.717, 1.165) is 18.7 Å². The van der Waals surface area contributed by atoms with E-state index < -0.39 is 17.2 Å². The Bertz CT molecular complexity index is 963. The van der Waals surface area contributed by atoms with Gasteiger partial charge < -0.3 is 24.2 Å². The van der Waals surface area contributed by atoms with Crippen LogP contribution < -0.4 is 0 Å². The lowest BCUT2D eigenvalue weighted by Gasteiger charge is -2.42. The van der Waals surface area contributed by atoms with Crippen molar-refractivity contribution < 1.29 is 37.3 Å². The van der Waals surface area contributed by atoms with Gasteiger partial charge in [0, 0.05) is 70.4 Å². The minimum absolute atomic E-state index is 0.00574. The van der Waals surface area contributed by atoms with Crippen LogP contribution in [0.3, 0.4) is 0 Å². The molecule has 5 rings (SSSR count). The number of pyridine rings is 1. The molecule has 1 saturated carbocycles. The summed E-state index contributed by atoms with van der Waals surface area (Å²) < 4.78 is 57.1. The largest absolute Gasteiger partial charge is 0.417 e. The Morgan fingerprint density at radius 3 is 2.97 bits per heavy atom. The minimum atomic E-state index is -4.48. The standard InChI is InChI=1S/C25H34F3N3O5/c1-34-21-15-35-8-3-20(21)31(6-7-32)18-11-22-24(12-18,4-9-36-22)23(33)30-5-2-19-16(14-30)10-17(13-29-19)25(26,27)28/h10,13,18,20-22,32H,2-9,11-12,14-15H2,1H3. The van der Waals surface area contributed by atoms with E-state index in [1.165, 1.54) is 0 Å². The molecule has 0 aromatic carbocycles. The number of aliphatic hydroxyl groups is 1. The van der Waals surface area contributed by atoms with Crippen molar-refractivity contribution in [2.24, 2.45) is 5.41 Å². The number of amides is 1. The van der Waals surface area contributed by atoms with Crippen LogP contribution in [-0.2, 0) is 38.1 Å². The third-order valence-corrected chi connectivity index (χ3v) is 8.47. The van der Waals surface area contributed by atoms with Gasteiger partial charge in [0.25, 0.3) is 0 Å². The van der Waals surface area contributed by atoms with E-state index in [1.54, 1.807) is 12.0 Å². The number of hydrogen-bond donors (Lipinski definition) is 1. The van der Waals surface area contributed by atoms with Gasteiger partial charge in [0.15, 0.2) is 0 Å². The average Bonchev–Trinajstić information content (AvgIpc) is 3.44. The van der Waals surface area contributed by atoms with Gasteiger partial charge in [-0.3, -0.25) is 14.7 Å². The van der Waals surface area contributed by atoms with Crippen LogP contribution in [0.1, 0.15) is 42.5 Å². The highest BCUT2D eigenvalue weighted by molar-refractivity contribution is 5.84. The maximum atomic E-state index is 14.0. The maximum Gasteiger partial charge on any atom is 0.417 e. The number of aliphatic hydroxyl groups excluding tert-OH is 1. The quantitative estimate of drug-likeness (QED) is 0.623. The van der Waals surface area contributed by atoms with Crippen molar-refractivity contribution in [3.05, 3.63) is 29.1 Å². The summed E-state index contributed by atoms with van der Waals surface area (Å²) in [7, 11) is 1.66. The maximum absolute atomic E-state index is 14.0. The Labute approximate surface area is 208 Å². The van der Waals surface area contributed by atoms with Crippen molar-refractivity contribution in [1.29, 1.82) is 0 Å². The number of carbonyl (C=O) groups excluding carboxylic acids is 1. The fraction of sp³-hybridized carbons (Fsp3) is 0.760. The third-order valence-electron chi connectivity index (χ3n) is 8.47. The summed E-state index contributed by atoms with van der Waals surface area (Å²) >= 11 is 0. The molecule has 200 valence electrons. The fourth-order valence-electron chi connectivity index (χ4n) is 6.68. The number of alkyl halides is 3. The number of ether oxygens (including phenoxy) is 3. The molecule has 0 bridgehead atoms. The van der Waals surface area contributed by atoms with Crippen LogP contribution in [0.15, 0.2) is 12.3 Å². The molecule has 8 nitrogen and oxygen atoms in total. The summed E-state index contributed by atoms with van der Waals surface area (Å²) in [5.74, 6) is -0.0465. The summed E-state index contributed by atoms with van der Waals surface area (Å²) in [5, 5.41) is 9.83. The number of aromatic nitrogens is 1. The number of hydrogen-bond acceptors (Lipinski definition) is 7. The predicted octanol–water partition coefficient (Wildman–Crippen LogP) is 2.02. The van der Waals surface area contributed by atoms with Gasteiger partial charge in [-0.1, -0.05) is 0 Å². The number of methoxy groups -OCH3 is 1. The zero-order valence-corrected chi connectivity index (χ0v) is 20.5. The monoisotopic (exact) mass is 513 g/mol. The Balaban J connectivity index is 1.36. The van der Waals surface area contributed by atoms with Gasteiger partial charge in [-0.15, -0.1) is 0 Å². The second-order valence-electron chi connectivity index (χ2n) is 10.3. The summed E-state index contributed by atoms with van der Waals surface area (Å²) in [6.07, 6.45) is -0.917. The first-order valence-electron chi connectivity index (χ1n) is 12.7. The first-order valence-corrected chi connectivity index (χ1v) is 12.7. The zero-order valence-electron chi connectivity index (χ0n) is 20.5. The summed E-state index contributed by atoms with van der Waals surface area (Å²) in [6, 6.07) is 1.22. The molecule has 1 aliphatic carbocycles. The smallest absolute Gasteiger partial charge is 0.395 e. The molecule has 5 unspecified atom stereocenters. The van der Waals surface area contributed by atoms with Crippen LogP contribution in [0.4, 0.5) is 13.2 Å². The van der Waals surface area contributed by atoms with Crippen LogP contribution in [-0.4, -0.2) is 96.7 Å². The number of fused-ring (bicyclic) bond motifs is 2. The second-order valence-corrected chi connectivity index (χ2v) is 10.3. The first kappa shape index (κ1) is 25.8. The molecule has 0 radical (unpaired) electrons. The van der Waals surface area contributed by atoms with E-state index in [0.29, 0.717) is 69.9 Å². The molecule has 36 heavy (non-hydrogen) atoms. The van der Waals surface area contributed by atoms with Crippen molar-refractivity contribution >= 4 is 5.91 Å². The molecule has 5 atom stereocenters. The topological polar surface area (TPSA) is 84.4 Å². The highest BCUT2D eigenvalue weighted by atomic mass is 19.4. The van der Waals surface area contributed by atoms with Crippen LogP contribution in [0.25, 0.3) is 0 Å². The van der Waals surface area contributed by atoms with Crippen molar-refractivity contribution in [3.63, 3.8) is 0 Å². The van der Waals surface area contributed by atoms with Crippen LogP contribution in [0, 0.1) is 5.41 Å². The first-order chi connectivity index (χ1) is 17.3. The van der Waals surface area contributed by atoms with Crippen LogP contribution >= 0.6 is 0 Å². The molecule has 1 aromatic heterocycles. The molecule has 4 aliphatic rings. The normalized spacial score (nSPS) is 32.6. The van der Waals surface area contributed by atoms with Crippen LogP contribution in [0.5, 0.6) is 0 Å². The third kappa shape index (κ3) is 4.64. The van der Waals surface area contributed by atoms with Gasteiger partial charge in [0.1, 0.15) is 0 Å². The highest BCUT2D eigenvalue weighted by Crippen LogP contribution is 2.51. The van der Waals surface area contributed by atoms with Crippen molar-refractivity contribution in [3.8, 4) is 0 Å². The SMILES string of the molecule is COC1COCCC1N(CCO)C1CC2OCCC2(C(=O)N2CCc3ncc(C(F)(F)F)cc3C2)C1. The van der Waals surface area contributed by atoms with E-state index in [-0.39, 0.29) is 43.4 Å². The van der Waals surface area contributed by atoms with E-state index in [9.17, 15) is 23.1 Å². The van der Waals surface area contributed by atoms with E-state index in [4.69, 9.17) is 14.2 Å². The van der Waals surface area contributed by atoms with Gasteiger partial charge in [-0.2, -0.15) is 13.2 Å². The number of rotatable bonds is 6. The predicted molar refractivity (Wildman–Crippen MR) is 122 cm³/mol. The van der Waals surface area contributed by atoms with E-state index in [2.05, 4.69) is 9.88 Å². The molecule has 1 amide bonds. The Kier molecular flexibility index (Phi) is 7.30. The molecule has 4 heterocycles. The highest BCUT2D eigenvalue weighted by Gasteiger charge is 2.59. The lowest BCUT2D eigenvalue weighted by atomic mass is 9.80. The van der Waals surface area contributed by atoms with Gasteiger partial charge in [-0.05, 0) is 37.3 Å². The van der Waals surface area contributed by atoms with Crippen molar-refractivity contribution in [1.82, 2.24) is 14.8 Å². The van der Waals surface area contributed by atoms with Gasteiger partial charge in [0.05, 0.1) is 36.4 Å². The second kappa shape index (κ2) is 10.2. The molecule has 2 saturated heterocycles. The Morgan fingerprint density at radius 1 is 1.39 bits per heavy atom. The molecule has 1 aromatic rings. The number of carbonyl (C=O) groups is 1. The summed E-state index contributed by atoms with van der Waals surface area (Å²) in [5.41, 5.74) is -0.427. The molecule has 1 N–H and O–H groups in total. The average molecular weight is 514 g/mol. The molecule has 11 heteroatoms. The van der Waals surface area contributed by atoms with Crippen LogP contribution in [0.2, 0.25) is 0 Å². The molecule has 3 fully saturated rings. The van der Waals surface area contributed by atoms with Gasteiger partial charge in [0.2, 0.25) is 5.91 Å². The lowest BCUT2D eigenvalue weighted by Crippen LogP contribution is -2.54. The molecule has 0 spiro atoms. The fourth-order valence-corrected chi connectivity index (χ4v) is 6.68. The number of nitrogens with zero attached hydrogens (tertiary/aromatic N) is 3. The lowest BCUT2D eigenvalue weighted by molar-refractivity contribution is -0.145. The molecular weight excluding hydrogens is 479 g/mol. The summed E-state index contributed by atoms with van der Waals surface area (Å²) in [4.78, 5) is 22.0. The summed E-state index contributed by atoms with van der Waals surface area (Å²) in [6.45, 7) is 2.60. The van der Waals surface area contributed by atoms with Gasteiger partial charge >= 0.3 is 6.18 Å².